The fourth-order valence-electron chi connectivity index (χ4n) is 5.22. The lowest BCUT2D eigenvalue weighted by molar-refractivity contribution is -0.144. The van der Waals surface area contributed by atoms with Crippen molar-refractivity contribution in [2.45, 2.75) is 57.9 Å². The third-order valence-corrected chi connectivity index (χ3v) is 8.23. The molecular weight excluding hydrogens is 468 g/mol. The predicted octanol–water partition coefficient (Wildman–Crippen LogP) is 5.71. The summed E-state index contributed by atoms with van der Waals surface area (Å²) in [5.41, 5.74) is 2.24. The van der Waals surface area contributed by atoms with Crippen molar-refractivity contribution < 1.29 is 14.3 Å². The van der Waals surface area contributed by atoms with Crippen LogP contribution in [0.4, 0.5) is 0 Å². The topological polar surface area (TPSA) is 49.9 Å². The number of rotatable bonds is 9. The van der Waals surface area contributed by atoms with Gasteiger partial charge in [-0.3, -0.25) is 9.59 Å². The fourth-order valence-corrected chi connectivity index (χ4v) is 6.25. The van der Waals surface area contributed by atoms with Gasteiger partial charge in [0.25, 0.3) is 0 Å². The first-order valence-corrected chi connectivity index (χ1v) is 13.8. The van der Waals surface area contributed by atoms with Crippen molar-refractivity contribution in [3.05, 3.63) is 56.7 Å². The molecule has 0 bridgehead atoms. The summed E-state index contributed by atoms with van der Waals surface area (Å²) in [4.78, 5) is 32.3. The number of halogens is 1. The number of carbonyl (C=O) groups excluding carboxylic acids is 2. The molecule has 2 aliphatic rings. The average Bonchev–Trinajstić information content (AvgIpc) is 3.35. The van der Waals surface area contributed by atoms with Gasteiger partial charge in [-0.05, 0) is 67.3 Å². The van der Waals surface area contributed by atoms with Gasteiger partial charge in [0.05, 0.1) is 12.6 Å². The highest BCUT2D eigenvalue weighted by Gasteiger charge is 2.35. The van der Waals surface area contributed by atoms with Gasteiger partial charge in [-0.1, -0.05) is 43.0 Å². The molecular formula is C27H35ClN2O3S. The largest absolute Gasteiger partial charge is 0.382 e. The van der Waals surface area contributed by atoms with E-state index in [0.717, 1.165) is 44.1 Å². The lowest BCUT2D eigenvalue weighted by atomic mass is 9.88. The van der Waals surface area contributed by atoms with Crippen molar-refractivity contribution >= 4 is 34.8 Å². The number of thiophene rings is 1. The normalized spacial score (nSPS) is 18.5. The van der Waals surface area contributed by atoms with Crippen LogP contribution in [0.2, 0.25) is 5.02 Å². The first-order chi connectivity index (χ1) is 16.6. The summed E-state index contributed by atoms with van der Waals surface area (Å²) in [5.74, 6) is 0.198. The van der Waals surface area contributed by atoms with Gasteiger partial charge >= 0.3 is 0 Å². The number of hydrogen-bond donors (Lipinski definition) is 0. The minimum Gasteiger partial charge on any atom is -0.382 e. The Balaban J connectivity index is 1.53. The lowest BCUT2D eigenvalue weighted by Crippen LogP contribution is -2.48. The molecule has 0 N–H and O–H groups in total. The Kier molecular flexibility index (Phi) is 9.04. The van der Waals surface area contributed by atoms with Gasteiger partial charge in [-0.15, -0.1) is 11.3 Å². The molecule has 0 spiro atoms. The van der Waals surface area contributed by atoms with E-state index in [1.54, 1.807) is 16.2 Å². The molecule has 2 heterocycles. The van der Waals surface area contributed by atoms with E-state index in [1.807, 2.05) is 36.1 Å². The van der Waals surface area contributed by atoms with Crippen LogP contribution in [0.25, 0.3) is 0 Å². The summed E-state index contributed by atoms with van der Waals surface area (Å²) in [6.07, 6.45) is 6.87. The van der Waals surface area contributed by atoms with Gasteiger partial charge in [-0.25, -0.2) is 0 Å². The quantitative estimate of drug-likeness (QED) is 0.412. The zero-order valence-electron chi connectivity index (χ0n) is 20.0. The van der Waals surface area contributed by atoms with Crippen LogP contribution in [0.1, 0.15) is 67.5 Å². The zero-order chi connectivity index (χ0) is 23.9. The maximum Gasteiger partial charge on any atom is 0.242 e. The van der Waals surface area contributed by atoms with Crippen LogP contribution < -0.4 is 0 Å². The van der Waals surface area contributed by atoms with E-state index in [0.29, 0.717) is 31.3 Å². The molecule has 2 amide bonds. The second-order valence-electron chi connectivity index (χ2n) is 9.24. The van der Waals surface area contributed by atoms with E-state index < -0.39 is 0 Å². The zero-order valence-corrected chi connectivity index (χ0v) is 21.6. The molecule has 1 fully saturated rings. The number of benzene rings is 1. The van der Waals surface area contributed by atoms with Gasteiger partial charge in [0.2, 0.25) is 11.8 Å². The number of carbonyl (C=O) groups is 2. The lowest BCUT2D eigenvalue weighted by Gasteiger charge is -2.38. The third-order valence-electron chi connectivity index (χ3n) is 6.99. The molecule has 7 heteroatoms. The van der Waals surface area contributed by atoms with E-state index in [1.165, 1.54) is 16.9 Å². The predicted molar refractivity (Wildman–Crippen MR) is 137 cm³/mol. The Morgan fingerprint density at radius 3 is 2.65 bits per heavy atom. The first kappa shape index (κ1) is 25.2. The maximum absolute atomic E-state index is 13.7. The molecule has 1 atom stereocenters. The van der Waals surface area contributed by atoms with Crippen molar-refractivity contribution in [2.75, 3.05) is 32.8 Å². The minimum atomic E-state index is -0.144. The van der Waals surface area contributed by atoms with Crippen LogP contribution in [0, 0.1) is 5.92 Å². The Morgan fingerprint density at radius 1 is 1.15 bits per heavy atom. The van der Waals surface area contributed by atoms with E-state index in [9.17, 15) is 9.59 Å². The van der Waals surface area contributed by atoms with Crippen molar-refractivity contribution in [3.63, 3.8) is 0 Å². The van der Waals surface area contributed by atoms with Crippen molar-refractivity contribution in [2.24, 2.45) is 5.92 Å². The summed E-state index contributed by atoms with van der Waals surface area (Å²) in [6, 6.07) is 9.76. The van der Waals surface area contributed by atoms with E-state index in [2.05, 4.69) is 11.4 Å². The number of hydrogen-bond acceptors (Lipinski definition) is 4. The van der Waals surface area contributed by atoms with E-state index in [-0.39, 0.29) is 30.3 Å². The van der Waals surface area contributed by atoms with Gasteiger partial charge in [0.15, 0.2) is 0 Å². The molecule has 1 aromatic heterocycles. The number of ether oxygens (including phenoxy) is 1. The Labute approximate surface area is 212 Å². The Hall–Kier alpha value is -1.89. The van der Waals surface area contributed by atoms with E-state index in [4.69, 9.17) is 16.3 Å². The fraction of sp³-hybridized carbons (Fsp3) is 0.556. The smallest absolute Gasteiger partial charge is 0.242 e. The molecule has 5 nitrogen and oxygen atoms in total. The van der Waals surface area contributed by atoms with Crippen molar-refractivity contribution in [1.29, 1.82) is 0 Å². The van der Waals surface area contributed by atoms with Crippen LogP contribution in [-0.2, 0) is 20.7 Å². The number of nitrogens with zero attached hydrogens (tertiary/aromatic N) is 2. The standard InChI is InChI=1S/C27H35ClN2O3S/c1-2-33-17-6-15-29(27(32)21-7-4-3-5-8-21)19-25(31)30-16-13-24-23(14-18-34-24)26(30)20-9-11-22(28)12-10-20/h9-12,14,18,21,26H,2-8,13,15-17,19H2,1H3. The van der Waals surface area contributed by atoms with Gasteiger partial charge in [-0.2, -0.15) is 0 Å². The number of amides is 2. The van der Waals surface area contributed by atoms with Crippen LogP contribution in [0.5, 0.6) is 0 Å². The number of fused-ring (bicyclic) bond motifs is 1. The van der Waals surface area contributed by atoms with Crippen molar-refractivity contribution in [3.8, 4) is 0 Å². The van der Waals surface area contributed by atoms with Crippen LogP contribution >= 0.6 is 22.9 Å². The molecule has 4 rings (SSSR count). The van der Waals surface area contributed by atoms with Crippen molar-refractivity contribution in [1.82, 2.24) is 9.80 Å². The van der Waals surface area contributed by atoms with Gasteiger partial charge in [0, 0.05) is 42.1 Å². The molecule has 34 heavy (non-hydrogen) atoms. The van der Waals surface area contributed by atoms with Crippen LogP contribution in [0.15, 0.2) is 35.7 Å². The highest BCUT2D eigenvalue weighted by molar-refractivity contribution is 7.10. The SMILES string of the molecule is CCOCCCN(CC(=O)N1CCc2sccc2C1c1ccc(Cl)cc1)C(=O)C1CCCCC1. The summed E-state index contributed by atoms with van der Waals surface area (Å²) >= 11 is 7.90. The molecule has 1 aliphatic carbocycles. The highest BCUT2D eigenvalue weighted by atomic mass is 35.5. The second-order valence-corrected chi connectivity index (χ2v) is 10.7. The molecule has 2 aromatic rings. The molecule has 0 saturated heterocycles. The second kappa shape index (κ2) is 12.2. The summed E-state index contributed by atoms with van der Waals surface area (Å²) in [6.45, 7) is 4.59. The van der Waals surface area contributed by atoms with E-state index >= 15 is 0 Å². The molecule has 0 radical (unpaired) electrons. The highest BCUT2D eigenvalue weighted by Crippen LogP contribution is 2.38. The summed E-state index contributed by atoms with van der Waals surface area (Å²) < 4.78 is 5.50. The maximum atomic E-state index is 13.7. The minimum absolute atomic E-state index is 0.0115. The van der Waals surface area contributed by atoms with Crippen LogP contribution in [0.3, 0.4) is 0 Å². The molecule has 1 aromatic carbocycles. The first-order valence-electron chi connectivity index (χ1n) is 12.6. The Bertz CT molecular complexity index is 955. The third kappa shape index (κ3) is 6.02. The molecule has 184 valence electrons. The van der Waals surface area contributed by atoms with Gasteiger partial charge < -0.3 is 14.5 Å². The summed E-state index contributed by atoms with van der Waals surface area (Å²) in [7, 11) is 0. The summed E-state index contributed by atoms with van der Waals surface area (Å²) in [5, 5.41) is 2.79. The molecule has 1 unspecified atom stereocenters. The molecule has 1 aliphatic heterocycles. The monoisotopic (exact) mass is 502 g/mol. The Morgan fingerprint density at radius 2 is 1.91 bits per heavy atom. The average molecular weight is 503 g/mol. The van der Waals surface area contributed by atoms with Gasteiger partial charge in [0.1, 0.15) is 0 Å². The van der Waals surface area contributed by atoms with Crippen LogP contribution in [-0.4, -0.2) is 54.5 Å². The molecule has 1 saturated carbocycles.